The fraction of sp³-hybridized carbons (Fsp3) is 0.211. The molecule has 1 amide bonds. The number of amides is 1. The van der Waals surface area contributed by atoms with Gasteiger partial charge < -0.3 is 9.88 Å². The van der Waals surface area contributed by atoms with Gasteiger partial charge in [0.05, 0.1) is 0 Å². The number of pyridine rings is 1. The summed E-state index contributed by atoms with van der Waals surface area (Å²) < 4.78 is 1.99. The number of rotatable bonds is 7. The van der Waals surface area contributed by atoms with Crippen molar-refractivity contribution in [3.8, 4) is 11.5 Å². The van der Waals surface area contributed by atoms with Gasteiger partial charge in [0, 0.05) is 43.1 Å². The number of halogens is 1. The summed E-state index contributed by atoms with van der Waals surface area (Å²) in [6.07, 6.45) is 6.49. The molecule has 5 nitrogen and oxygen atoms in total. The van der Waals surface area contributed by atoms with E-state index in [4.69, 9.17) is 11.6 Å². The van der Waals surface area contributed by atoms with Gasteiger partial charge in [-0.3, -0.25) is 9.78 Å². The van der Waals surface area contributed by atoms with Crippen LogP contribution in [0.15, 0.2) is 61.1 Å². The summed E-state index contributed by atoms with van der Waals surface area (Å²) in [4.78, 5) is 20.7. The molecule has 0 saturated heterocycles. The summed E-state index contributed by atoms with van der Waals surface area (Å²) in [7, 11) is 0. The molecule has 0 aliphatic rings. The van der Waals surface area contributed by atoms with Gasteiger partial charge in [-0.1, -0.05) is 29.8 Å². The highest BCUT2D eigenvalue weighted by Crippen LogP contribution is 2.14. The van der Waals surface area contributed by atoms with Crippen molar-refractivity contribution < 1.29 is 4.79 Å². The SMILES string of the molecule is O=C(CCc1cccc(Cl)c1)NCCn1ccnc1-c1ccccn1. The first-order chi connectivity index (χ1) is 12.2. The number of benzene rings is 1. The first kappa shape index (κ1) is 17.2. The number of imidazole rings is 1. The van der Waals surface area contributed by atoms with E-state index in [1.54, 1.807) is 12.4 Å². The van der Waals surface area contributed by atoms with Crippen LogP contribution in [0.2, 0.25) is 5.02 Å². The van der Waals surface area contributed by atoms with Gasteiger partial charge in [-0.25, -0.2) is 4.98 Å². The summed E-state index contributed by atoms with van der Waals surface area (Å²) in [5.74, 6) is 0.827. The molecule has 25 heavy (non-hydrogen) atoms. The minimum atomic E-state index is 0.0273. The molecule has 6 heteroatoms. The lowest BCUT2D eigenvalue weighted by atomic mass is 10.1. The largest absolute Gasteiger partial charge is 0.354 e. The number of carbonyl (C=O) groups excluding carboxylic acids is 1. The van der Waals surface area contributed by atoms with Crippen molar-refractivity contribution in [3.63, 3.8) is 0 Å². The summed E-state index contributed by atoms with van der Waals surface area (Å²) >= 11 is 5.95. The number of hydrogen-bond acceptors (Lipinski definition) is 3. The van der Waals surface area contributed by atoms with Crippen molar-refractivity contribution in [2.24, 2.45) is 0 Å². The normalized spacial score (nSPS) is 10.6. The third kappa shape index (κ3) is 4.90. The van der Waals surface area contributed by atoms with Crippen LogP contribution >= 0.6 is 11.6 Å². The average Bonchev–Trinajstić information content (AvgIpc) is 3.09. The van der Waals surface area contributed by atoms with Crippen LogP contribution in [0.4, 0.5) is 0 Å². The second-order valence-corrected chi connectivity index (χ2v) is 6.08. The molecule has 0 spiro atoms. The Morgan fingerprint density at radius 1 is 1.12 bits per heavy atom. The molecule has 0 fully saturated rings. The van der Waals surface area contributed by atoms with Gasteiger partial charge >= 0.3 is 0 Å². The van der Waals surface area contributed by atoms with Crippen molar-refractivity contribution >= 4 is 17.5 Å². The molecule has 0 unspecified atom stereocenters. The predicted octanol–water partition coefficient (Wildman–Crippen LogP) is 3.35. The summed E-state index contributed by atoms with van der Waals surface area (Å²) in [5, 5.41) is 3.64. The van der Waals surface area contributed by atoms with Crippen molar-refractivity contribution in [3.05, 3.63) is 71.6 Å². The predicted molar refractivity (Wildman–Crippen MR) is 98.2 cm³/mol. The molecule has 0 aliphatic heterocycles. The fourth-order valence-electron chi connectivity index (χ4n) is 2.57. The van der Waals surface area contributed by atoms with Crippen LogP contribution in [0.5, 0.6) is 0 Å². The highest BCUT2D eigenvalue weighted by Gasteiger charge is 2.07. The Labute approximate surface area is 151 Å². The van der Waals surface area contributed by atoms with Gasteiger partial charge in [0.25, 0.3) is 0 Å². The van der Waals surface area contributed by atoms with E-state index < -0.39 is 0 Å². The topological polar surface area (TPSA) is 59.8 Å². The lowest BCUT2D eigenvalue weighted by Crippen LogP contribution is -2.27. The van der Waals surface area contributed by atoms with Gasteiger partial charge in [0.15, 0.2) is 5.82 Å². The number of hydrogen-bond donors (Lipinski definition) is 1. The molecule has 0 bridgehead atoms. The van der Waals surface area contributed by atoms with Crippen LogP contribution in [0.25, 0.3) is 11.5 Å². The van der Waals surface area contributed by atoms with E-state index >= 15 is 0 Å². The lowest BCUT2D eigenvalue weighted by Gasteiger charge is -2.09. The Balaban J connectivity index is 1.47. The second kappa shape index (κ2) is 8.44. The Morgan fingerprint density at radius 2 is 2.04 bits per heavy atom. The number of nitrogens with one attached hydrogen (secondary N) is 1. The maximum absolute atomic E-state index is 12.0. The zero-order valence-corrected chi connectivity index (χ0v) is 14.5. The standard InChI is InChI=1S/C19H19ClN4O/c20-16-5-3-4-15(14-16)7-8-18(25)22-10-12-24-13-11-23-19(24)17-6-1-2-9-21-17/h1-6,9,11,13-14H,7-8,10,12H2,(H,22,25). The van der Waals surface area contributed by atoms with Crippen LogP contribution in [0, 0.1) is 0 Å². The number of carbonyl (C=O) groups is 1. The Bertz CT molecular complexity index is 832. The van der Waals surface area contributed by atoms with Crippen LogP contribution in [0.3, 0.4) is 0 Å². The van der Waals surface area contributed by atoms with E-state index in [1.807, 2.05) is 53.2 Å². The summed E-state index contributed by atoms with van der Waals surface area (Å²) in [6, 6.07) is 13.3. The molecule has 0 atom stereocenters. The highest BCUT2D eigenvalue weighted by molar-refractivity contribution is 6.30. The zero-order chi connectivity index (χ0) is 17.5. The van der Waals surface area contributed by atoms with Crippen molar-refractivity contribution in [2.45, 2.75) is 19.4 Å². The van der Waals surface area contributed by atoms with Crippen molar-refractivity contribution in [2.75, 3.05) is 6.54 Å². The minimum absolute atomic E-state index is 0.0273. The van der Waals surface area contributed by atoms with Crippen molar-refractivity contribution in [1.29, 1.82) is 0 Å². The molecule has 128 valence electrons. The van der Waals surface area contributed by atoms with E-state index in [1.165, 1.54) is 0 Å². The van der Waals surface area contributed by atoms with Crippen LogP contribution in [-0.4, -0.2) is 27.0 Å². The monoisotopic (exact) mass is 354 g/mol. The molecular formula is C19H19ClN4O. The molecule has 3 rings (SSSR count). The van der Waals surface area contributed by atoms with Gasteiger partial charge in [0.2, 0.25) is 5.91 Å². The van der Waals surface area contributed by atoms with E-state index in [0.29, 0.717) is 31.0 Å². The van der Waals surface area contributed by atoms with Gasteiger partial charge in [-0.15, -0.1) is 0 Å². The quantitative estimate of drug-likeness (QED) is 0.707. The van der Waals surface area contributed by atoms with Crippen LogP contribution in [0.1, 0.15) is 12.0 Å². The van der Waals surface area contributed by atoms with E-state index in [9.17, 15) is 4.79 Å². The van der Waals surface area contributed by atoms with Crippen LogP contribution < -0.4 is 5.32 Å². The smallest absolute Gasteiger partial charge is 0.220 e. The molecule has 2 heterocycles. The minimum Gasteiger partial charge on any atom is -0.354 e. The van der Waals surface area contributed by atoms with Crippen molar-refractivity contribution in [1.82, 2.24) is 19.9 Å². The van der Waals surface area contributed by atoms with E-state index in [0.717, 1.165) is 17.1 Å². The third-order valence-electron chi connectivity index (χ3n) is 3.81. The van der Waals surface area contributed by atoms with E-state index in [-0.39, 0.29) is 5.91 Å². The summed E-state index contributed by atoms with van der Waals surface area (Å²) in [6.45, 7) is 1.19. The van der Waals surface area contributed by atoms with Gasteiger partial charge in [-0.2, -0.15) is 0 Å². The maximum atomic E-state index is 12.0. The fourth-order valence-corrected chi connectivity index (χ4v) is 2.79. The molecular weight excluding hydrogens is 336 g/mol. The van der Waals surface area contributed by atoms with Crippen LogP contribution in [-0.2, 0) is 17.8 Å². The first-order valence-corrected chi connectivity index (χ1v) is 8.54. The number of aromatic nitrogens is 3. The van der Waals surface area contributed by atoms with E-state index in [2.05, 4.69) is 15.3 Å². The Hall–Kier alpha value is -2.66. The second-order valence-electron chi connectivity index (χ2n) is 5.64. The maximum Gasteiger partial charge on any atom is 0.220 e. The molecule has 0 radical (unpaired) electrons. The average molecular weight is 355 g/mol. The molecule has 3 aromatic rings. The lowest BCUT2D eigenvalue weighted by molar-refractivity contribution is -0.121. The molecule has 0 aliphatic carbocycles. The first-order valence-electron chi connectivity index (χ1n) is 8.16. The molecule has 2 aromatic heterocycles. The molecule has 1 N–H and O–H groups in total. The van der Waals surface area contributed by atoms with Gasteiger partial charge in [-0.05, 0) is 36.2 Å². The molecule has 1 aromatic carbocycles. The number of aryl methyl sites for hydroxylation is 1. The number of nitrogens with zero attached hydrogens (tertiary/aromatic N) is 3. The highest BCUT2D eigenvalue weighted by atomic mass is 35.5. The molecule has 0 saturated carbocycles. The Kier molecular flexibility index (Phi) is 5.80. The zero-order valence-electron chi connectivity index (χ0n) is 13.7. The van der Waals surface area contributed by atoms with Gasteiger partial charge in [0.1, 0.15) is 5.69 Å². The summed E-state index contributed by atoms with van der Waals surface area (Å²) in [5.41, 5.74) is 1.88. The third-order valence-corrected chi connectivity index (χ3v) is 4.05. The Morgan fingerprint density at radius 3 is 2.84 bits per heavy atom.